The Kier molecular flexibility index (Phi) is 8.23. The molecule has 0 heterocycles. The zero-order valence-electron chi connectivity index (χ0n) is 9.79. The topological polar surface area (TPSA) is 52.6 Å². The van der Waals surface area contributed by atoms with Crippen LogP contribution in [-0.4, -0.2) is 25.2 Å². The molecule has 1 atom stereocenters. The van der Waals surface area contributed by atoms with E-state index in [2.05, 4.69) is 11.7 Å². The van der Waals surface area contributed by atoms with Gasteiger partial charge in [-0.2, -0.15) is 0 Å². The second-order valence-electron chi connectivity index (χ2n) is 3.30. The Morgan fingerprint density at radius 3 is 2.50 bits per heavy atom. The maximum absolute atomic E-state index is 11.2. The van der Waals surface area contributed by atoms with Crippen LogP contribution in [0.15, 0.2) is 9.66 Å². The summed E-state index contributed by atoms with van der Waals surface area (Å²) in [6.07, 6.45) is 3.96. The minimum atomic E-state index is -0.408. The zero-order chi connectivity index (χ0) is 12.6. The number of hydrogen-bond donors (Lipinski definition) is 0. The first kappa shape index (κ1) is 15.4. The number of methoxy groups -OCH3 is 1. The fraction of sp³-hybridized carbons (Fsp3) is 0.636. The largest absolute Gasteiger partial charge is 0.465 e. The predicted molar refractivity (Wildman–Crippen MR) is 69.2 cm³/mol. The van der Waals surface area contributed by atoms with Crippen LogP contribution >= 0.6 is 22.6 Å². The summed E-state index contributed by atoms with van der Waals surface area (Å²) in [5.74, 6) is -0.749. The second-order valence-corrected chi connectivity index (χ2v) is 4.46. The zero-order valence-corrected chi connectivity index (χ0v) is 11.9. The van der Waals surface area contributed by atoms with Crippen LogP contribution in [0, 0.1) is 0 Å². The predicted octanol–water partition coefficient (Wildman–Crippen LogP) is 2.60. The molecule has 0 aliphatic heterocycles. The summed E-state index contributed by atoms with van der Waals surface area (Å²) in [5, 5.41) is 0. The van der Waals surface area contributed by atoms with E-state index < -0.39 is 5.97 Å². The molecule has 0 aliphatic carbocycles. The Bertz CT molecular complexity index is 273. The van der Waals surface area contributed by atoms with Crippen molar-refractivity contribution in [1.29, 1.82) is 0 Å². The molecule has 92 valence electrons. The van der Waals surface area contributed by atoms with Crippen LogP contribution in [0.1, 0.15) is 33.1 Å². The summed E-state index contributed by atoms with van der Waals surface area (Å²) in [7, 11) is 1.32. The van der Waals surface area contributed by atoms with Crippen LogP contribution in [0.25, 0.3) is 0 Å². The minimum absolute atomic E-state index is 0.341. The van der Waals surface area contributed by atoms with E-state index in [1.807, 2.05) is 22.6 Å². The van der Waals surface area contributed by atoms with E-state index in [9.17, 15) is 9.59 Å². The van der Waals surface area contributed by atoms with E-state index in [0.717, 1.165) is 19.3 Å². The van der Waals surface area contributed by atoms with Crippen molar-refractivity contribution in [3.05, 3.63) is 9.66 Å². The third-order valence-corrected chi connectivity index (χ3v) is 2.67. The highest BCUT2D eigenvalue weighted by atomic mass is 127. The van der Waals surface area contributed by atoms with Crippen LogP contribution < -0.4 is 0 Å². The highest BCUT2D eigenvalue weighted by molar-refractivity contribution is 14.1. The lowest BCUT2D eigenvalue weighted by molar-refractivity contribution is -0.144. The smallest absolute Gasteiger partial charge is 0.343 e. The van der Waals surface area contributed by atoms with Gasteiger partial charge in [0.05, 0.1) is 10.7 Å². The first-order chi connectivity index (χ1) is 7.51. The molecule has 0 rings (SSSR count). The van der Waals surface area contributed by atoms with Crippen LogP contribution in [0.5, 0.6) is 0 Å². The summed E-state index contributed by atoms with van der Waals surface area (Å²) >= 11 is 1.88. The summed E-state index contributed by atoms with van der Waals surface area (Å²) < 4.78 is 10.1. The van der Waals surface area contributed by atoms with Crippen LogP contribution in [0.3, 0.4) is 0 Å². The van der Waals surface area contributed by atoms with Crippen molar-refractivity contribution in [1.82, 2.24) is 0 Å². The normalized spacial score (nSPS) is 13.1. The average Bonchev–Trinajstić information content (AvgIpc) is 2.23. The maximum atomic E-state index is 11.2. The number of rotatable bonds is 6. The van der Waals surface area contributed by atoms with E-state index in [1.165, 1.54) is 14.0 Å². The number of carbonyl (C=O) groups is 2. The highest BCUT2D eigenvalue weighted by Gasteiger charge is 2.13. The molecule has 0 radical (unpaired) electrons. The lowest BCUT2D eigenvalue weighted by atomic mass is 10.1. The van der Waals surface area contributed by atoms with Crippen molar-refractivity contribution in [3.63, 3.8) is 0 Å². The van der Waals surface area contributed by atoms with Crippen LogP contribution in [0.2, 0.25) is 0 Å². The number of ether oxygens (including phenoxy) is 2. The summed E-state index contributed by atoms with van der Waals surface area (Å²) in [6.45, 7) is 3.41. The van der Waals surface area contributed by atoms with Gasteiger partial charge >= 0.3 is 11.9 Å². The average molecular weight is 340 g/mol. The molecule has 16 heavy (non-hydrogen) atoms. The Balaban J connectivity index is 4.49. The van der Waals surface area contributed by atoms with Gasteiger partial charge in [-0.05, 0) is 41.5 Å². The number of carbonyl (C=O) groups excluding carboxylic acids is 2. The highest BCUT2D eigenvalue weighted by Crippen LogP contribution is 2.14. The van der Waals surface area contributed by atoms with Gasteiger partial charge in [0.25, 0.3) is 0 Å². The van der Waals surface area contributed by atoms with Gasteiger partial charge in [0.1, 0.15) is 6.10 Å². The van der Waals surface area contributed by atoms with E-state index in [1.54, 1.807) is 6.08 Å². The molecule has 0 aromatic heterocycles. The standard InChI is InChI=1S/C11H17IO4/c1-4-5-6-9(16-8(2)13)7-10(12)11(14)15-3/h7,9H,4-6H2,1-3H3/b10-7-. The quantitative estimate of drug-likeness (QED) is 0.424. The van der Waals surface area contributed by atoms with E-state index >= 15 is 0 Å². The van der Waals surface area contributed by atoms with Crippen molar-refractivity contribution < 1.29 is 19.1 Å². The molecule has 0 saturated heterocycles. The molecule has 0 aromatic rings. The fourth-order valence-corrected chi connectivity index (χ4v) is 1.74. The Morgan fingerprint density at radius 1 is 1.44 bits per heavy atom. The van der Waals surface area contributed by atoms with Gasteiger partial charge in [-0.25, -0.2) is 4.79 Å². The number of esters is 2. The van der Waals surface area contributed by atoms with Gasteiger partial charge in [0.15, 0.2) is 0 Å². The summed E-state index contributed by atoms with van der Waals surface area (Å²) in [4.78, 5) is 22.0. The van der Waals surface area contributed by atoms with Gasteiger partial charge in [0, 0.05) is 6.92 Å². The molecule has 0 saturated carbocycles. The Morgan fingerprint density at radius 2 is 2.06 bits per heavy atom. The van der Waals surface area contributed by atoms with Gasteiger partial charge in [-0.3, -0.25) is 4.79 Å². The SMILES string of the molecule is CCCCC(/C=C(\I)C(=O)OC)OC(C)=O. The van der Waals surface area contributed by atoms with Crippen molar-refractivity contribution in [3.8, 4) is 0 Å². The minimum Gasteiger partial charge on any atom is -0.465 e. The van der Waals surface area contributed by atoms with Gasteiger partial charge in [-0.1, -0.05) is 13.3 Å². The summed E-state index contributed by atoms with van der Waals surface area (Å²) in [6, 6.07) is 0. The fourth-order valence-electron chi connectivity index (χ4n) is 1.12. The monoisotopic (exact) mass is 340 g/mol. The second kappa shape index (κ2) is 8.55. The molecule has 0 N–H and O–H groups in total. The number of halogens is 1. The molecule has 0 aromatic carbocycles. The van der Waals surface area contributed by atoms with Crippen molar-refractivity contribution in [2.75, 3.05) is 7.11 Å². The number of unbranched alkanes of at least 4 members (excludes halogenated alkanes) is 1. The molecular weight excluding hydrogens is 323 g/mol. The van der Waals surface area contributed by atoms with E-state index in [4.69, 9.17) is 4.74 Å². The molecular formula is C11H17IO4. The third kappa shape index (κ3) is 6.81. The molecule has 4 nitrogen and oxygen atoms in total. The van der Waals surface area contributed by atoms with Gasteiger partial charge < -0.3 is 9.47 Å². The third-order valence-electron chi connectivity index (χ3n) is 1.87. The van der Waals surface area contributed by atoms with Crippen molar-refractivity contribution >= 4 is 34.5 Å². The first-order valence-electron chi connectivity index (χ1n) is 5.14. The van der Waals surface area contributed by atoms with E-state index in [0.29, 0.717) is 3.58 Å². The van der Waals surface area contributed by atoms with Crippen molar-refractivity contribution in [2.45, 2.75) is 39.2 Å². The van der Waals surface area contributed by atoms with Gasteiger partial charge in [-0.15, -0.1) is 0 Å². The van der Waals surface area contributed by atoms with Crippen LogP contribution in [0.4, 0.5) is 0 Å². The molecule has 0 spiro atoms. The molecule has 5 heteroatoms. The Labute approximate surface area is 110 Å². The first-order valence-corrected chi connectivity index (χ1v) is 6.22. The lowest BCUT2D eigenvalue weighted by Crippen LogP contribution is -2.15. The van der Waals surface area contributed by atoms with E-state index in [-0.39, 0.29) is 12.1 Å². The molecule has 1 unspecified atom stereocenters. The molecule has 0 aliphatic rings. The van der Waals surface area contributed by atoms with Crippen molar-refractivity contribution in [2.24, 2.45) is 0 Å². The maximum Gasteiger partial charge on any atom is 0.343 e. The number of hydrogen-bond acceptors (Lipinski definition) is 4. The van der Waals surface area contributed by atoms with Gasteiger partial charge in [0.2, 0.25) is 0 Å². The lowest BCUT2D eigenvalue weighted by Gasteiger charge is -2.13. The molecule has 0 amide bonds. The summed E-state index contributed by atoms with van der Waals surface area (Å²) in [5.41, 5.74) is 0. The molecule has 0 bridgehead atoms. The Hall–Kier alpha value is -0.590. The molecule has 0 fully saturated rings. The van der Waals surface area contributed by atoms with Crippen LogP contribution in [-0.2, 0) is 19.1 Å².